The quantitative estimate of drug-likeness (QED) is 0.211. The predicted molar refractivity (Wildman–Crippen MR) is 166 cm³/mol. The van der Waals surface area contributed by atoms with Gasteiger partial charge in [-0.2, -0.15) is 0 Å². The molecule has 0 radical (unpaired) electrons. The van der Waals surface area contributed by atoms with Crippen molar-refractivity contribution in [2.75, 3.05) is 7.11 Å². The number of hydrogen-bond acceptors (Lipinski definition) is 8. The Morgan fingerprint density at radius 3 is 1.28 bits per heavy atom. The Hall–Kier alpha value is -3.29. The fourth-order valence-corrected chi connectivity index (χ4v) is 6.99. The molecule has 238 valence electrons. The molecular formula is C35H50O8. The van der Waals surface area contributed by atoms with Crippen LogP contribution in [-0.2, 0) is 9.59 Å². The second-order valence-corrected chi connectivity index (χ2v) is 15.0. The standard InChI is InChI=1S/C35H50O8/c1-16(2)23(25-19(36)12-34(7,8)13-20(25)37)27-31(41)29(30(40)18(5)6)32(42)28(33(27)43-11)24(17(3)4)26-21(38)14-35(9,10)15-22(26)39/h16-18,23-24,36,38,41-42H,12-15H2,1-11H3. The highest BCUT2D eigenvalue weighted by molar-refractivity contribution is 6.05. The number of aliphatic hydroxyl groups excluding tert-OH is 2. The Kier molecular flexibility index (Phi) is 9.55. The van der Waals surface area contributed by atoms with Crippen molar-refractivity contribution in [1.82, 2.24) is 0 Å². The number of allylic oxidation sites excluding steroid dienone is 4. The number of aromatic hydroxyl groups is 2. The predicted octanol–water partition coefficient (Wildman–Crippen LogP) is 7.83. The molecule has 1 aromatic rings. The van der Waals surface area contributed by atoms with E-state index in [-0.39, 0.29) is 94.2 Å². The van der Waals surface area contributed by atoms with E-state index >= 15 is 0 Å². The highest BCUT2D eigenvalue weighted by Gasteiger charge is 2.45. The van der Waals surface area contributed by atoms with Crippen LogP contribution in [0.25, 0.3) is 0 Å². The fourth-order valence-electron chi connectivity index (χ4n) is 6.99. The van der Waals surface area contributed by atoms with E-state index in [1.165, 1.54) is 7.11 Å². The number of methoxy groups -OCH3 is 1. The van der Waals surface area contributed by atoms with Gasteiger partial charge in [-0.1, -0.05) is 69.2 Å². The monoisotopic (exact) mass is 598 g/mol. The van der Waals surface area contributed by atoms with E-state index in [1.54, 1.807) is 13.8 Å². The van der Waals surface area contributed by atoms with Crippen LogP contribution in [0.3, 0.4) is 0 Å². The van der Waals surface area contributed by atoms with Crippen molar-refractivity contribution >= 4 is 17.3 Å². The lowest BCUT2D eigenvalue weighted by Gasteiger charge is -2.37. The van der Waals surface area contributed by atoms with E-state index in [2.05, 4.69) is 0 Å². The lowest BCUT2D eigenvalue weighted by Crippen LogP contribution is -2.31. The average Bonchev–Trinajstić information content (AvgIpc) is 2.82. The summed E-state index contributed by atoms with van der Waals surface area (Å²) < 4.78 is 5.94. The number of ketones is 3. The maximum Gasteiger partial charge on any atom is 0.172 e. The van der Waals surface area contributed by atoms with E-state index in [0.717, 1.165) is 0 Å². The summed E-state index contributed by atoms with van der Waals surface area (Å²) in [7, 11) is 1.36. The van der Waals surface area contributed by atoms with Crippen molar-refractivity contribution in [3.8, 4) is 17.2 Å². The molecule has 0 amide bonds. The van der Waals surface area contributed by atoms with Gasteiger partial charge in [-0.05, 0) is 22.7 Å². The third-order valence-corrected chi connectivity index (χ3v) is 8.82. The third kappa shape index (κ3) is 6.34. The minimum Gasteiger partial charge on any atom is -0.512 e. The molecule has 3 rings (SSSR count). The molecule has 43 heavy (non-hydrogen) atoms. The molecule has 0 saturated carbocycles. The molecule has 0 aromatic heterocycles. The van der Waals surface area contributed by atoms with Gasteiger partial charge in [0.05, 0.1) is 7.11 Å². The molecule has 0 fully saturated rings. The summed E-state index contributed by atoms with van der Waals surface area (Å²) in [5.74, 6) is -5.40. The van der Waals surface area contributed by atoms with E-state index in [0.29, 0.717) is 0 Å². The van der Waals surface area contributed by atoms with Gasteiger partial charge in [0.2, 0.25) is 0 Å². The molecule has 2 aliphatic rings. The first-order valence-electron chi connectivity index (χ1n) is 15.3. The van der Waals surface area contributed by atoms with Gasteiger partial charge >= 0.3 is 0 Å². The number of aliphatic hydroxyl groups is 2. The van der Waals surface area contributed by atoms with Crippen molar-refractivity contribution in [3.63, 3.8) is 0 Å². The van der Waals surface area contributed by atoms with Crippen molar-refractivity contribution in [1.29, 1.82) is 0 Å². The van der Waals surface area contributed by atoms with Gasteiger partial charge in [-0.25, -0.2) is 0 Å². The van der Waals surface area contributed by atoms with E-state index in [9.17, 15) is 34.8 Å². The number of rotatable bonds is 9. The van der Waals surface area contributed by atoms with Crippen molar-refractivity contribution < 1.29 is 39.5 Å². The summed E-state index contributed by atoms with van der Waals surface area (Å²) in [5, 5.41) is 46.2. The number of carbonyl (C=O) groups is 3. The highest BCUT2D eigenvalue weighted by Crippen LogP contribution is 2.57. The van der Waals surface area contributed by atoms with Gasteiger partial charge in [0.25, 0.3) is 0 Å². The minimum absolute atomic E-state index is 0.0172. The Morgan fingerprint density at radius 1 is 0.674 bits per heavy atom. The number of phenols is 2. The van der Waals surface area contributed by atoms with Crippen LogP contribution in [-0.4, -0.2) is 44.9 Å². The second-order valence-electron chi connectivity index (χ2n) is 15.0. The fraction of sp³-hybridized carbons (Fsp3) is 0.629. The van der Waals surface area contributed by atoms with Gasteiger partial charge < -0.3 is 25.2 Å². The normalized spacial score (nSPS) is 20.3. The summed E-state index contributed by atoms with van der Waals surface area (Å²) >= 11 is 0. The maximum atomic E-state index is 13.6. The van der Waals surface area contributed by atoms with Crippen LogP contribution >= 0.6 is 0 Å². The molecule has 1 aromatic carbocycles. The zero-order valence-corrected chi connectivity index (χ0v) is 27.6. The van der Waals surface area contributed by atoms with Gasteiger partial charge in [0.15, 0.2) is 17.3 Å². The molecule has 0 heterocycles. The summed E-state index contributed by atoms with van der Waals surface area (Å²) in [6, 6.07) is 0. The second kappa shape index (κ2) is 12.0. The first kappa shape index (κ1) is 34.2. The van der Waals surface area contributed by atoms with Crippen molar-refractivity contribution in [2.45, 2.75) is 107 Å². The highest BCUT2D eigenvalue weighted by atomic mass is 16.5. The lowest BCUT2D eigenvalue weighted by atomic mass is 9.67. The molecule has 2 atom stereocenters. The van der Waals surface area contributed by atoms with Crippen LogP contribution in [0.2, 0.25) is 0 Å². The maximum absolute atomic E-state index is 13.6. The summed E-state index contributed by atoms with van der Waals surface area (Å²) in [4.78, 5) is 40.9. The molecule has 4 N–H and O–H groups in total. The Bertz CT molecular complexity index is 1300. The first-order chi connectivity index (χ1) is 19.7. The van der Waals surface area contributed by atoms with Crippen LogP contribution in [0, 0.1) is 28.6 Å². The molecular weight excluding hydrogens is 548 g/mol. The number of benzene rings is 1. The van der Waals surface area contributed by atoms with Crippen molar-refractivity contribution in [3.05, 3.63) is 39.4 Å². The number of carbonyl (C=O) groups excluding carboxylic acids is 3. The van der Waals surface area contributed by atoms with Crippen LogP contribution in [0.15, 0.2) is 22.7 Å². The summed E-state index contributed by atoms with van der Waals surface area (Å²) in [6.45, 7) is 18.2. The zero-order valence-electron chi connectivity index (χ0n) is 27.6. The molecule has 8 heteroatoms. The molecule has 0 spiro atoms. The minimum atomic E-state index is -0.895. The van der Waals surface area contributed by atoms with Crippen molar-refractivity contribution in [2.24, 2.45) is 28.6 Å². The number of Topliss-reactive ketones (excluding diaryl/α,β-unsaturated/α-hetero) is 3. The summed E-state index contributed by atoms with van der Waals surface area (Å²) in [6.07, 6.45) is 0.869. The van der Waals surface area contributed by atoms with Gasteiger partial charge in [0.1, 0.15) is 34.3 Å². The Labute approximate surface area is 255 Å². The van der Waals surface area contributed by atoms with E-state index in [4.69, 9.17) is 4.74 Å². The van der Waals surface area contributed by atoms with E-state index < -0.39 is 45.9 Å². The lowest BCUT2D eigenvalue weighted by molar-refractivity contribution is -0.119. The SMILES string of the molecule is COc1c(C(C2=C(O)CC(C)(C)CC2=O)C(C)C)c(O)c(C(=O)C(C)C)c(O)c1C(C1=C(O)CC(C)(C)CC1=O)C(C)C. The molecule has 0 saturated heterocycles. The number of hydrogen-bond donors (Lipinski definition) is 4. The molecule has 2 unspecified atom stereocenters. The average molecular weight is 599 g/mol. The van der Waals surface area contributed by atoms with Gasteiger partial charge in [-0.15, -0.1) is 0 Å². The largest absolute Gasteiger partial charge is 0.512 e. The number of ether oxygens (including phenoxy) is 1. The first-order valence-corrected chi connectivity index (χ1v) is 15.3. The smallest absolute Gasteiger partial charge is 0.172 e. The molecule has 0 aliphatic heterocycles. The topological polar surface area (TPSA) is 141 Å². The number of phenolic OH excluding ortho intramolecular Hbond substituents is 2. The van der Waals surface area contributed by atoms with Crippen LogP contribution in [0.4, 0.5) is 0 Å². The Balaban J connectivity index is 2.56. The Morgan fingerprint density at radius 2 is 1.02 bits per heavy atom. The molecule has 8 nitrogen and oxygen atoms in total. The van der Waals surface area contributed by atoms with Crippen LogP contribution < -0.4 is 4.74 Å². The van der Waals surface area contributed by atoms with E-state index in [1.807, 2.05) is 55.4 Å². The van der Waals surface area contributed by atoms with Crippen LogP contribution in [0.5, 0.6) is 17.2 Å². The van der Waals surface area contributed by atoms with Gasteiger partial charge in [0, 0.05) is 65.7 Å². The zero-order chi connectivity index (χ0) is 32.9. The summed E-state index contributed by atoms with van der Waals surface area (Å²) in [5.41, 5.74) is -0.777. The van der Waals surface area contributed by atoms with Gasteiger partial charge in [-0.3, -0.25) is 14.4 Å². The third-order valence-electron chi connectivity index (χ3n) is 8.82. The molecule has 0 bridgehead atoms. The molecule has 2 aliphatic carbocycles. The van der Waals surface area contributed by atoms with Crippen LogP contribution in [0.1, 0.15) is 128 Å².